The molecule has 1 aliphatic rings. The Balaban J connectivity index is 2.40. The molecule has 1 saturated heterocycles. The molecule has 0 bridgehead atoms. The highest BCUT2D eigenvalue weighted by Gasteiger charge is 2.37. The second-order valence-electron chi connectivity index (χ2n) is 5.86. The summed E-state index contributed by atoms with van der Waals surface area (Å²) >= 11 is 0. The van der Waals surface area contributed by atoms with E-state index in [0.29, 0.717) is 18.5 Å². The molecule has 1 aliphatic heterocycles. The van der Waals surface area contributed by atoms with Gasteiger partial charge in [0.15, 0.2) is 9.84 Å². The van der Waals surface area contributed by atoms with E-state index in [1.54, 1.807) is 12.1 Å². The molecule has 1 aromatic carbocycles. The molecule has 118 valence electrons. The summed E-state index contributed by atoms with van der Waals surface area (Å²) in [4.78, 5) is 0. The first-order chi connectivity index (χ1) is 9.95. The molecule has 2 unspecified atom stereocenters. The molecule has 0 aromatic heterocycles. The van der Waals surface area contributed by atoms with Gasteiger partial charge in [0.05, 0.1) is 17.0 Å². The Morgan fingerprint density at radius 3 is 2.81 bits per heavy atom. The lowest BCUT2D eigenvalue weighted by Gasteiger charge is -2.31. The predicted molar refractivity (Wildman–Crippen MR) is 83.6 cm³/mol. The summed E-state index contributed by atoms with van der Waals surface area (Å²) in [6.45, 7) is 4.60. The fraction of sp³-hybridized carbons (Fsp3) is 0.625. The Kier molecular flexibility index (Phi) is 5.38. The molecule has 1 fully saturated rings. The van der Waals surface area contributed by atoms with E-state index in [-0.39, 0.29) is 11.6 Å². The van der Waals surface area contributed by atoms with E-state index < -0.39 is 21.1 Å². The Labute approximate surface area is 126 Å². The summed E-state index contributed by atoms with van der Waals surface area (Å²) in [5, 5.41) is 2.74. The van der Waals surface area contributed by atoms with Crippen molar-refractivity contribution in [1.29, 1.82) is 0 Å². The standard InChI is InChI=1S/C16H24FNO2S/c1-3-9-18-16(13-11-12(2)7-8-14(13)17)15-6-4-5-10-21(15,19)20/h7-8,11,15-16,18H,3-6,9-10H2,1-2H3. The fourth-order valence-corrected chi connectivity index (χ4v) is 5.09. The maximum absolute atomic E-state index is 14.2. The second-order valence-corrected chi connectivity index (χ2v) is 8.20. The molecule has 1 heterocycles. The average Bonchev–Trinajstić information content (AvgIpc) is 2.44. The number of hydrogen-bond acceptors (Lipinski definition) is 3. The Morgan fingerprint density at radius 2 is 2.14 bits per heavy atom. The summed E-state index contributed by atoms with van der Waals surface area (Å²) in [7, 11) is -3.16. The van der Waals surface area contributed by atoms with Crippen molar-refractivity contribution in [2.45, 2.75) is 50.8 Å². The second kappa shape index (κ2) is 6.88. The van der Waals surface area contributed by atoms with E-state index in [4.69, 9.17) is 0 Å². The van der Waals surface area contributed by atoms with Gasteiger partial charge in [-0.05, 0) is 38.8 Å². The lowest BCUT2D eigenvalue weighted by atomic mass is 9.97. The normalized spacial score (nSPS) is 22.9. The highest BCUT2D eigenvalue weighted by molar-refractivity contribution is 7.92. The van der Waals surface area contributed by atoms with Crippen LogP contribution in [0.25, 0.3) is 0 Å². The third-order valence-electron chi connectivity index (χ3n) is 4.10. The Hall–Kier alpha value is -0.940. The third kappa shape index (κ3) is 3.83. The number of sulfone groups is 1. The number of nitrogens with one attached hydrogen (secondary N) is 1. The summed E-state index contributed by atoms with van der Waals surface area (Å²) in [6.07, 6.45) is 3.10. The number of benzene rings is 1. The van der Waals surface area contributed by atoms with Gasteiger partial charge in [-0.15, -0.1) is 0 Å². The van der Waals surface area contributed by atoms with Crippen LogP contribution in [0.2, 0.25) is 0 Å². The molecule has 0 radical (unpaired) electrons. The highest BCUT2D eigenvalue weighted by atomic mass is 32.2. The van der Waals surface area contributed by atoms with E-state index in [9.17, 15) is 12.8 Å². The largest absolute Gasteiger partial charge is 0.309 e. The first kappa shape index (κ1) is 16.4. The van der Waals surface area contributed by atoms with Crippen molar-refractivity contribution in [3.8, 4) is 0 Å². The number of halogens is 1. The highest BCUT2D eigenvalue weighted by Crippen LogP contribution is 2.32. The molecule has 3 nitrogen and oxygen atoms in total. The van der Waals surface area contributed by atoms with Gasteiger partial charge in [-0.3, -0.25) is 0 Å². The van der Waals surface area contributed by atoms with E-state index in [1.807, 2.05) is 13.8 Å². The van der Waals surface area contributed by atoms with Gasteiger partial charge in [0.1, 0.15) is 5.82 Å². The average molecular weight is 313 g/mol. The zero-order valence-corrected chi connectivity index (χ0v) is 13.5. The van der Waals surface area contributed by atoms with Gasteiger partial charge in [0, 0.05) is 5.56 Å². The summed E-state index contributed by atoms with van der Waals surface area (Å²) in [5.74, 6) is -0.106. The molecule has 2 atom stereocenters. The minimum atomic E-state index is -3.16. The third-order valence-corrected chi connectivity index (χ3v) is 6.39. The molecule has 21 heavy (non-hydrogen) atoms. The van der Waals surface area contributed by atoms with Gasteiger partial charge in [-0.2, -0.15) is 0 Å². The van der Waals surface area contributed by atoms with Gasteiger partial charge < -0.3 is 5.32 Å². The minimum absolute atomic E-state index is 0.218. The molecule has 1 aromatic rings. The van der Waals surface area contributed by atoms with Crippen molar-refractivity contribution in [3.63, 3.8) is 0 Å². The van der Waals surface area contributed by atoms with Crippen LogP contribution in [0.3, 0.4) is 0 Å². The van der Waals surface area contributed by atoms with Crippen LogP contribution in [0.5, 0.6) is 0 Å². The molecule has 1 N–H and O–H groups in total. The molecule has 2 rings (SSSR count). The van der Waals surface area contributed by atoms with Crippen LogP contribution in [0.1, 0.15) is 49.8 Å². The van der Waals surface area contributed by atoms with Crippen molar-refractivity contribution in [3.05, 3.63) is 35.1 Å². The van der Waals surface area contributed by atoms with Crippen LogP contribution in [-0.4, -0.2) is 26.0 Å². The SMILES string of the molecule is CCCNC(c1cc(C)ccc1F)C1CCCCS1(=O)=O. The maximum atomic E-state index is 14.2. The summed E-state index contributed by atoms with van der Waals surface area (Å²) in [6, 6.07) is 4.47. The van der Waals surface area contributed by atoms with E-state index in [2.05, 4.69) is 5.32 Å². The predicted octanol–water partition coefficient (Wildman–Crippen LogP) is 3.14. The van der Waals surface area contributed by atoms with Crippen LogP contribution in [-0.2, 0) is 9.84 Å². The van der Waals surface area contributed by atoms with Crippen LogP contribution < -0.4 is 5.32 Å². The minimum Gasteiger partial charge on any atom is -0.309 e. The first-order valence-electron chi connectivity index (χ1n) is 7.66. The van der Waals surface area contributed by atoms with Crippen molar-refractivity contribution >= 4 is 9.84 Å². The van der Waals surface area contributed by atoms with Crippen molar-refractivity contribution in [2.24, 2.45) is 0 Å². The van der Waals surface area contributed by atoms with Crippen LogP contribution >= 0.6 is 0 Å². The molecular formula is C16H24FNO2S. The zero-order chi connectivity index (χ0) is 15.5. The quantitative estimate of drug-likeness (QED) is 0.908. The Morgan fingerprint density at radius 1 is 1.38 bits per heavy atom. The van der Waals surface area contributed by atoms with Crippen LogP contribution in [0.15, 0.2) is 18.2 Å². The topological polar surface area (TPSA) is 46.2 Å². The van der Waals surface area contributed by atoms with Crippen molar-refractivity contribution in [2.75, 3.05) is 12.3 Å². The van der Waals surface area contributed by atoms with Gasteiger partial charge in [0.25, 0.3) is 0 Å². The summed E-state index contributed by atoms with van der Waals surface area (Å²) < 4.78 is 39.0. The maximum Gasteiger partial charge on any atom is 0.155 e. The smallest absolute Gasteiger partial charge is 0.155 e. The van der Waals surface area contributed by atoms with Gasteiger partial charge >= 0.3 is 0 Å². The lowest BCUT2D eigenvalue weighted by Crippen LogP contribution is -2.41. The molecule has 0 amide bonds. The number of hydrogen-bond donors (Lipinski definition) is 1. The molecule has 0 aliphatic carbocycles. The Bertz CT molecular complexity index is 586. The van der Waals surface area contributed by atoms with E-state index >= 15 is 0 Å². The van der Waals surface area contributed by atoms with E-state index in [0.717, 1.165) is 24.8 Å². The number of rotatable bonds is 5. The van der Waals surface area contributed by atoms with Crippen LogP contribution in [0.4, 0.5) is 4.39 Å². The lowest BCUT2D eigenvalue weighted by molar-refractivity contribution is 0.433. The monoisotopic (exact) mass is 313 g/mol. The fourth-order valence-electron chi connectivity index (χ4n) is 3.00. The van der Waals surface area contributed by atoms with Crippen LogP contribution in [0, 0.1) is 12.7 Å². The zero-order valence-electron chi connectivity index (χ0n) is 12.7. The van der Waals surface area contributed by atoms with Gasteiger partial charge in [0.2, 0.25) is 0 Å². The molecule has 0 spiro atoms. The molecular weight excluding hydrogens is 289 g/mol. The summed E-state index contributed by atoms with van der Waals surface area (Å²) in [5.41, 5.74) is 1.43. The molecule has 0 saturated carbocycles. The first-order valence-corrected chi connectivity index (χ1v) is 9.38. The van der Waals surface area contributed by atoms with Crippen molar-refractivity contribution in [1.82, 2.24) is 5.32 Å². The number of aryl methyl sites for hydroxylation is 1. The van der Waals surface area contributed by atoms with Gasteiger partial charge in [-0.1, -0.05) is 31.0 Å². The van der Waals surface area contributed by atoms with Gasteiger partial charge in [-0.25, -0.2) is 12.8 Å². The molecule has 5 heteroatoms. The van der Waals surface area contributed by atoms with Crippen molar-refractivity contribution < 1.29 is 12.8 Å². The van der Waals surface area contributed by atoms with E-state index in [1.165, 1.54) is 6.07 Å².